The number of rotatable bonds is 3. The van der Waals surface area contributed by atoms with Crippen LogP contribution in [0.5, 0.6) is 0 Å². The van der Waals surface area contributed by atoms with Gasteiger partial charge in [-0.1, -0.05) is 23.2 Å². The number of nitrogens with zero attached hydrogens (tertiary/aromatic N) is 3. The topological polar surface area (TPSA) is 109 Å². The predicted molar refractivity (Wildman–Crippen MR) is 65.7 cm³/mol. The number of benzene rings is 1. The third kappa shape index (κ3) is 3.11. The number of nitrogens with one attached hydrogen (secondary N) is 1. The fourth-order valence-corrected chi connectivity index (χ4v) is 1.33. The molecule has 0 amide bonds. The molecule has 1 aromatic rings. The largest absolute Gasteiger partial charge is 0.478 e. The van der Waals surface area contributed by atoms with Crippen molar-refractivity contribution in [1.29, 1.82) is 10.5 Å². The van der Waals surface area contributed by atoms with Crippen molar-refractivity contribution in [2.75, 3.05) is 5.43 Å². The van der Waals surface area contributed by atoms with Crippen molar-refractivity contribution < 1.29 is 9.90 Å². The zero-order chi connectivity index (χ0) is 13.7. The summed E-state index contributed by atoms with van der Waals surface area (Å²) in [6, 6.07) is 5.41. The van der Waals surface area contributed by atoms with Crippen LogP contribution in [0.1, 0.15) is 10.4 Å². The molecule has 8 heteroatoms. The Bertz CT molecular complexity index is 598. The first-order chi connectivity index (χ1) is 8.49. The van der Waals surface area contributed by atoms with Crippen molar-refractivity contribution >= 4 is 40.6 Å². The molecule has 18 heavy (non-hydrogen) atoms. The molecule has 1 rings (SSSR count). The summed E-state index contributed by atoms with van der Waals surface area (Å²) < 4.78 is 0. The molecule has 6 nitrogen and oxygen atoms in total. The number of halogens is 2. The molecule has 0 heterocycles. The third-order valence-corrected chi connectivity index (χ3v) is 2.51. The molecule has 0 aliphatic rings. The Balaban J connectivity index is 3.21. The Morgan fingerprint density at radius 1 is 1.28 bits per heavy atom. The normalized spacial score (nSPS) is 8.89. The van der Waals surface area contributed by atoms with Crippen LogP contribution in [0.15, 0.2) is 17.2 Å². The minimum absolute atomic E-state index is 0.0277. The monoisotopic (exact) mass is 282 g/mol. The number of anilines is 1. The van der Waals surface area contributed by atoms with Gasteiger partial charge in [-0.3, -0.25) is 5.43 Å². The van der Waals surface area contributed by atoms with E-state index in [1.54, 1.807) is 0 Å². The molecule has 0 aliphatic carbocycles. The minimum Gasteiger partial charge on any atom is -0.478 e. The minimum atomic E-state index is -1.25. The maximum atomic E-state index is 10.9. The molecule has 0 radical (unpaired) electrons. The lowest BCUT2D eigenvalue weighted by atomic mass is 10.2. The van der Waals surface area contributed by atoms with Crippen LogP contribution in [0, 0.1) is 22.7 Å². The van der Waals surface area contributed by atoms with E-state index < -0.39 is 11.7 Å². The second-order valence-electron chi connectivity index (χ2n) is 2.91. The third-order valence-electron chi connectivity index (χ3n) is 1.79. The van der Waals surface area contributed by atoms with E-state index in [0.717, 1.165) is 6.07 Å². The number of aromatic carboxylic acids is 1. The summed E-state index contributed by atoms with van der Waals surface area (Å²) in [5, 5.41) is 29.5. The van der Waals surface area contributed by atoms with Gasteiger partial charge in [0, 0.05) is 0 Å². The molecule has 0 saturated carbocycles. The summed E-state index contributed by atoms with van der Waals surface area (Å²) in [5.41, 5.74) is 1.69. The zero-order valence-electron chi connectivity index (χ0n) is 8.61. The number of carboxylic acids is 1. The van der Waals surface area contributed by atoms with Gasteiger partial charge in [-0.15, -0.1) is 0 Å². The van der Waals surface area contributed by atoms with Crippen LogP contribution in [0.3, 0.4) is 0 Å². The number of nitriles is 2. The molecule has 0 saturated heterocycles. The molecular weight excluding hydrogens is 279 g/mol. The van der Waals surface area contributed by atoms with Gasteiger partial charge in [0.15, 0.2) is 0 Å². The standard InChI is InChI=1S/C10H4Cl2N4O2/c11-7-1-6(10(17)18)9(2-8(7)12)16-15-5(3-13)4-14/h1-2,16H,(H,17,18). The van der Waals surface area contributed by atoms with Crippen LogP contribution < -0.4 is 5.43 Å². The van der Waals surface area contributed by atoms with Gasteiger partial charge in [0.25, 0.3) is 0 Å². The smallest absolute Gasteiger partial charge is 0.337 e. The van der Waals surface area contributed by atoms with Gasteiger partial charge in [-0.05, 0) is 12.1 Å². The van der Waals surface area contributed by atoms with Crippen LogP contribution in [-0.2, 0) is 0 Å². The second kappa shape index (κ2) is 5.87. The first-order valence-electron chi connectivity index (χ1n) is 4.35. The Labute approximate surface area is 112 Å². The highest BCUT2D eigenvalue weighted by atomic mass is 35.5. The number of hydrogen-bond acceptors (Lipinski definition) is 5. The lowest BCUT2D eigenvalue weighted by molar-refractivity contribution is 0.0698. The molecule has 90 valence electrons. The molecule has 0 fully saturated rings. The quantitative estimate of drug-likeness (QED) is 0.654. The fourth-order valence-electron chi connectivity index (χ4n) is 1.01. The summed E-state index contributed by atoms with van der Waals surface area (Å²) in [7, 11) is 0. The van der Waals surface area contributed by atoms with Gasteiger partial charge in [0.1, 0.15) is 12.1 Å². The zero-order valence-corrected chi connectivity index (χ0v) is 10.1. The van der Waals surface area contributed by atoms with Gasteiger partial charge in [-0.25, -0.2) is 4.79 Å². The number of hydrazone groups is 1. The van der Waals surface area contributed by atoms with Crippen molar-refractivity contribution in [3.8, 4) is 12.1 Å². The Morgan fingerprint density at radius 2 is 1.83 bits per heavy atom. The van der Waals surface area contributed by atoms with Crippen LogP contribution in [0.2, 0.25) is 10.0 Å². The van der Waals surface area contributed by atoms with Gasteiger partial charge in [0.05, 0.1) is 21.3 Å². The van der Waals surface area contributed by atoms with Crippen LogP contribution in [-0.4, -0.2) is 16.8 Å². The molecule has 0 unspecified atom stereocenters. The maximum absolute atomic E-state index is 10.9. The Hall–Kier alpha value is -2.28. The predicted octanol–water partition coefficient (Wildman–Crippen LogP) is 2.51. The molecule has 0 bridgehead atoms. The summed E-state index contributed by atoms with van der Waals surface area (Å²) >= 11 is 11.4. The van der Waals surface area contributed by atoms with Crippen molar-refractivity contribution in [2.24, 2.45) is 5.10 Å². The Morgan fingerprint density at radius 3 is 2.33 bits per heavy atom. The fraction of sp³-hybridized carbons (Fsp3) is 0. The van der Waals surface area contributed by atoms with E-state index in [1.807, 2.05) is 0 Å². The lowest BCUT2D eigenvalue weighted by Gasteiger charge is -2.06. The number of carbonyl (C=O) groups is 1. The highest BCUT2D eigenvalue weighted by Gasteiger charge is 2.13. The average molecular weight is 283 g/mol. The van der Waals surface area contributed by atoms with Crippen LogP contribution >= 0.6 is 23.2 Å². The molecule has 2 N–H and O–H groups in total. The second-order valence-corrected chi connectivity index (χ2v) is 3.73. The van der Waals surface area contributed by atoms with E-state index in [2.05, 4.69) is 10.5 Å². The maximum Gasteiger partial charge on any atom is 0.337 e. The molecule has 0 aromatic heterocycles. The van der Waals surface area contributed by atoms with Crippen molar-refractivity contribution in [1.82, 2.24) is 0 Å². The van der Waals surface area contributed by atoms with Crippen molar-refractivity contribution in [3.05, 3.63) is 27.7 Å². The van der Waals surface area contributed by atoms with Crippen molar-refractivity contribution in [2.45, 2.75) is 0 Å². The van der Waals surface area contributed by atoms with Gasteiger partial charge >= 0.3 is 5.97 Å². The van der Waals surface area contributed by atoms with Crippen LogP contribution in [0.4, 0.5) is 5.69 Å². The molecule has 0 spiro atoms. The van der Waals surface area contributed by atoms with Gasteiger partial charge < -0.3 is 5.11 Å². The molecule has 0 aliphatic heterocycles. The van der Waals surface area contributed by atoms with E-state index >= 15 is 0 Å². The first-order valence-corrected chi connectivity index (χ1v) is 5.11. The lowest BCUT2D eigenvalue weighted by Crippen LogP contribution is -2.04. The van der Waals surface area contributed by atoms with Crippen molar-refractivity contribution in [3.63, 3.8) is 0 Å². The van der Waals surface area contributed by atoms with E-state index in [1.165, 1.54) is 18.2 Å². The summed E-state index contributed by atoms with van der Waals surface area (Å²) in [6.07, 6.45) is 0. The SMILES string of the molecule is N#CC(C#N)=NNc1cc(Cl)c(Cl)cc1C(=O)O. The average Bonchev–Trinajstić information content (AvgIpc) is 2.34. The van der Waals surface area contributed by atoms with Crippen LogP contribution in [0.25, 0.3) is 0 Å². The number of hydrogen-bond donors (Lipinski definition) is 2. The molecule has 1 aromatic carbocycles. The summed E-state index contributed by atoms with van der Waals surface area (Å²) in [4.78, 5) is 10.9. The molecular formula is C10H4Cl2N4O2. The summed E-state index contributed by atoms with van der Waals surface area (Å²) in [6.45, 7) is 0. The van der Waals surface area contributed by atoms with E-state index in [9.17, 15) is 4.79 Å². The van der Waals surface area contributed by atoms with Gasteiger partial charge in [-0.2, -0.15) is 15.6 Å². The molecule has 0 atom stereocenters. The Kier molecular flexibility index (Phi) is 4.50. The van der Waals surface area contributed by atoms with Gasteiger partial charge in [0.2, 0.25) is 5.71 Å². The summed E-state index contributed by atoms with van der Waals surface area (Å²) in [5.74, 6) is -1.25. The first kappa shape index (κ1) is 13.8. The van der Waals surface area contributed by atoms with E-state index in [-0.39, 0.29) is 21.3 Å². The van der Waals surface area contributed by atoms with E-state index in [0.29, 0.717) is 0 Å². The highest BCUT2D eigenvalue weighted by Crippen LogP contribution is 2.29. The van der Waals surface area contributed by atoms with E-state index in [4.69, 9.17) is 38.8 Å². The number of carboxylic acid groups (broad SMARTS) is 1. The highest BCUT2D eigenvalue weighted by molar-refractivity contribution is 6.42.